The lowest BCUT2D eigenvalue weighted by Gasteiger charge is -2.23. The molecule has 0 atom stereocenters. The molecule has 0 spiro atoms. The number of sulfonamides is 1. The third-order valence-corrected chi connectivity index (χ3v) is 7.46. The van der Waals surface area contributed by atoms with Crippen molar-refractivity contribution in [2.24, 2.45) is 0 Å². The highest BCUT2D eigenvalue weighted by atomic mass is 35.5. The lowest BCUT2D eigenvalue weighted by molar-refractivity contribution is 0.101. The molecule has 9 heteroatoms. The van der Waals surface area contributed by atoms with Crippen molar-refractivity contribution in [1.82, 2.24) is 0 Å². The third-order valence-electron chi connectivity index (χ3n) is 4.69. The van der Waals surface area contributed by atoms with Gasteiger partial charge in [0.25, 0.3) is 15.9 Å². The van der Waals surface area contributed by atoms with Gasteiger partial charge in [-0.05, 0) is 66.6 Å². The molecule has 1 aromatic heterocycles. The molecule has 6 nitrogen and oxygen atoms in total. The maximum absolute atomic E-state index is 13.6. The van der Waals surface area contributed by atoms with Crippen LogP contribution >= 0.6 is 22.9 Å². The predicted molar refractivity (Wildman–Crippen MR) is 122 cm³/mol. The van der Waals surface area contributed by atoms with Crippen LogP contribution in [-0.4, -0.2) is 14.3 Å². The number of hydrogen-bond acceptors (Lipinski definition) is 6. The molecule has 0 aliphatic rings. The van der Waals surface area contributed by atoms with E-state index < -0.39 is 20.9 Å². The molecule has 4 aromatic rings. The first-order valence-corrected chi connectivity index (χ1v) is 11.9. The molecule has 3 aromatic carbocycles. The Kier molecular flexibility index (Phi) is 5.70. The second-order valence-electron chi connectivity index (χ2n) is 6.66. The highest BCUT2D eigenvalue weighted by molar-refractivity contribution is 7.93. The third kappa shape index (κ3) is 4.14. The molecule has 0 aliphatic carbocycles. The Morgan fingerprint density at radius 3 is 2.35 bits per heavy atom. The molecule has 0 fully saturated rings. The summed E-state index contributed by atoms with van der Waals surface area (Å²) in [6.45, 7) is 1.96. The highest BCUT2D eigenvalue weighted by Gasteiger charge is 2.32. The number of hydrogen-bond donors (Lipinski definition) is 0. The van der Waals surface area contributed by atoms with Crippen molar-refractivity contribution in [1.29, 1.82) is 0 Å². The van der Waals surface area contributed by atoms with Gasteiger partial charge in [-0.25, -0.2) is 13.2 Å². The van der Waals surface area contributed by atoms with Crippen molar-refractivity contribution in [3.8, 4) is 0 Å². The summed E-state index contributed by atoms with van der Waals surface area (Å²) in [5, 5.41) is 0.422. The van der Waals surface area contributed by atoms with Gasteiger partial charge in [0.15, 0.2) is 0 Å². The van der Waals surface area contributed by atoms with E-state index in [0.29, 0.717) is 15.3 Å². The van der Waals surface area contributed by atoms with Gasteiger partial charge < -0.3 is 4.42 Å². The fourth-order valence-corrected chi connectivity index (χ4v) is 5.30. The standard InChI is InChI=1S/C22H16ClNO5S2/c1-2-14-3-10-18(11-4-14)31(27,28)24(21(25)15-5-7-16(23)8-6-15)17-9-12-19-20(13-17)30-22(26)29-19/h3-13H,2H2,1H3. The number of aryl methyl sites for hydroxylation is 1. The van der Waals surface area contributed by atoms with Crippen LogP contribution in [0.25, 0.3) is 10.3 Å². The van der Waals surface area contributed by atoms with E-state index in [0.717, 1.165) is 27.6 Å². The zero-order chi connectivity index (χ0) is 22.2. The fourth-order valence-electron chi connectivity index (χ4n) is 3.06. The van der Waals surface area contributed by atoms with Crippen molar-refractivity contribution < 1.29 is 17.6 Å². The van der Waals surface area contributed by atoms with Crippen molar-refractivity contribution in [2.75, 3.05) is 4.31 Å². The van der Waals surface area contributed by atoms with Crippen molar-refractivity contribution in [2.45, 2.75) is 18.2 Å². The van der Waals surface area contributed by atoms with Crippen LogP contribution in [0, 0.1) is 0 Å². The summed E-state index contributed by atoms with van der Waals surface area (Å²) in [7, 11) is -4.25. The van der Waals surface area contributed by atoms with E-state index >= 15 is 0 Å². The molecule has 1 amide bonds. The normalized spacial score (nSPS) is 11.5. The summed E-state index contributed by atoms with van der Waals surface area (Å²) in [6, 6.07) is 16.7. The van der Waals surface area contributed by atoms with Crippen LogP contribution in [0.3, 0.4) is 0 Å². The van der Waals surface area contributed by atoms with E-state index in [1.807, 2.05) is 6.92 Å². The predicted octanol–water partition coefficient (Wildman–Crippen LogP) is 5.11. The van der Waals surface area contributed by atoms with Gasteiger partial charge >= 0.3 is 4.94 Å². The number of amides is 1. The molecule has 0 radical (unpaired) electrons. The molecule has 0 saturated heterocycles. The molecule has 31 heavy (non-hydrogen) atoms. The molecule has 1 heterocycles. The van der Waals surface area contributed by atoms with Gasteiger partial charge in [0, 0.05) is 10.6 Å². The van der Waals surface area contributed by atoms with Crippen LogP contribution < -0.4 is 9.24 Å². The number of carbonyl (C=O) groups excluding carboxylic acids is 1. The molecule has 0 saturated carbocycles. The summed E-state index contributed by atoms with van der Waals surface area (Å²) < 4.78 is 33.3. The number of halogens is 1. The minimum atomic E-state index is -4.25. The van der Waals surface area contributed by atoms with Crippen LogP contribution in [0.1, 0.15) is 22.8 Å². The molecular weight excluding hydrogens is 458 g/mol. The molecule has 158 valence electrons. The maximum atomic E-state index is 13.6. The van der Waals surface area contributed by atoms with E-state index in [1.54, 1.807) is 12.1 Å². The van der Waals surface area contributed by atoms with E-state index in [2.05, 4.69) is 0 Å². The first-order chi connectivity index (χ1) is 14.8. The van der Waals surface area contributed by atoms with Crippen molar-refractivity contribution in [3.05, 3.63) is 92.6 Å². The smallest absolute Gasteiger partial charge is 0.396 e. The molecule has 4 rings (SSSR count). The summed E-state index contributed by atoms with van der Waals surface area (Å²) in [6.07, 6.45) is 0.754. The zero-order valence-electron chi connectivity index (χ0n) is 16.2. The molecule has 0 aliphatic heterocycles. The number of carbonyl (C=O) groups is 1. The van der Waals surface area contributed by atoms with Gasteiger partial charge in [-0.1, -0.05) is 42.0 Å². The summed E-state index contributed by atoms with van der Waals surface area (Å²) >= 11 is 6.75. The molecule has 0 unspecified atom stereocenters. The van der Waals surface area contributed by atoms with Gasteiger partial charge in [0.2, 0.25) is 0 Å². The molecule has 0 N–H and O–H groups in total. The van der Waals surface area contributed by atoms with Crippen LogP contribution in [0.5, 0.6) is 0 Å². The average molecular weight is 474 g/mol. The second kappa shape index (κ2) is 8.30. The van der Waals surface area contributed by atoms with Gasteiger partial charge in [0.05, 0.1) is 15.3 Å². The van der Waals surface area contributed by atoms with E-state index in [4.69, 9.17) is 16.0 Å². The lowest BCUT2D eigenvalue weighted by Crippen LogP contribution is -2.37. The van der Waals surface area contributed by atoms with E-state index in [9.17, 15) is 18.0 Å². The van der Waals surface area contributed by atoms with E-state index in [-0.39, 0.29) is 16.1 Å². The van der Waals surface area contributed by atoms with Gasteiger partial charge in [-0.15, -0.1) is 0 Å². The number of rotatable bonds is 5. The molecular formula is C22H16ClNO5S2. The Hall–Kier alpha value is -2.94. The summed E-state index contributed by atoms with van der Waals surface area (Å²) in [4.78, 5) is 24.4. The first-order valence-electron chi connectivity index (χ1n) is 9.27. The quantitative estimate of drug-likeness (QED) is 0.402. The van der Waals surface area contributed by atoms with Gasteiger partial charge in [-0.3, -0.25) is 4.79 Å². The topological polar surface area (TPSA) is 84.7 Å². The van der Waals surface area contributed by atoms with Gasteiger partial charge in [-0.2, -0.15) is 4.31 Å². The Bertz CT molecular complexity index is 1420. The molecule has 0 bridgehead atoms. The fraction of sp³-hybridized carbons (Fsp3) is 0.0909. The van der Waals surface area contributed by atoms with Crippen molar-refractivity contribution in [3.63, 3.8) is 0 Å². The summed E-state index contributed by atoms with van der Waals surface area (Å²) in [5.41, 5.74) is 1.55. The summed E-state index contributed by atoms with van der Waals surface area (Å²) in [5.74, 6) is -0.744. The Morgan fingerprint density at radius 2 is 1.71 bits per heavy atom. The highest BCUT2D eigenvalue weighted by Crippen LogP contribution is 2.30. The van der Waals surface area contributed by atoms with Crippen LogP contribution in [0.2, 0.25) is 5.02 Å². The number of nitrogens with zero attached hydrogens (tertiary/aromatic N) is 1. The SMILES string of the molecule is CCc1ccc(S(=O)(=O)N(C(=O)c2ccc(Cl)cc2)c2ccc3oc(=O)sc3c2)cc1. The Balaban J connectivity index is 1.89. The first kappa shape index (κ1) is 21.3. The van der Waals surface area contributed by atoms with Crippen LogP contribution in [-0.2, 0) is 16.4 Å². The average Bonchev–Trinajstić information content (AvgIpc) is 3.13. The lowest BCUT2D eigenvalue weighted by atomic mass is 10.2. The number of fused-ring (bicyclic) bond motifs is 1. The Labute approximate surface area is 187 Å². The van der Waals surface area contributed by atoms with Crippen LogP contribution in [0.15, 0.2) is 80.8 Å². The minimum Gasteiger partial charge on any atom is -0.414 e. The van der Waals surface area contributed by atoms with Crippen molar-refractivity contribution >= 4 is 54.8 Å². The minimum absolute atomic E-state index is 0.0208. The number of benzene rings is 3. The maximum Gasteiger partial charge on any atom is 0.396 e. The largest absolute Gasteiger partial charge is 0.414 e. The zero-order valence-corrected chi connectivity index (χ0v) is 18.6. The second-order valence-corrected chi connectivity index (χ2v) is 9.86. The monoisotopic (exact) mass is 473 g/mol. The van der Waals surface area contributed by atoms with Crippen LogP contribution in [0.4, 0.5) is 5.69 Å². The Morgan fingerprint density at radius 1 is 1.03 bits per heavy atom. The van der Waals surface area contributed by atoms with E-state index in [1.165, 1.54) is 54.6 Å². The van der Waals surface area contributed by atoms with Gasteiger partial charge in [0.1, 0.15) is 5.58 Å². The number of anilines is 1.